The monoisotopic (exact) mass is 465 g/mol. The molecule has 10 heteroatoms. The van der Waals surface area contributed by atoms with E-state index in [2.05, 4.69) is 26.7 Å². The molecule has 0 aromatic carbocycles. The van der Waals surface area contributed by atoms with Crippen LogP contribution in [0.4, 0.5) is 5.82 Å². The van der Waals surface area contributed by atoms with Gasteiger partial charge in [-0.25, -0.2) is 14.8 Å². The Balaban J connectivity index is 2.02. The number of aryl methyl sites for hydroxylation is 3. The van der Waals surface area contributed by atoms with Crippen LogP contribution in [0.2, 0.25) is 0 Å². The fourth-order valence-corrected chi connectivity index (χ4v) is 4.76. The molecule has 0 unspecified atom stereocenters. The van der Waals surface area contributed by atoms with E-state index in [-0.39, 0.29) is 19.1 Å². The molecule has 180 valence electrons. The summed E-state index contributed by atoms with van der Waals surface area (Å²) in [6, 6.07) is 1.87. The van der Waals surface area contributed by atoms with E-state index in [1.54, 1.807) is 21.1 Å². The third kappa shape index (κ3) is 4.07. The molecule has 2 N–H and O–H groups in total. The van der Waals surface area contributed by atoms with Crippen LogP contribution < -0.4 is 26.6 Å². The van der Waals surface area contributed by atoms with Crippen molar-refractivity contribution < 1.29 is 4.74 Å². The van der Waals surface area contributed by atoms with Crippen LogP contribution in [0.5, 0.6) is 5.75 Å². The van der Waals surface area contributed by atoms with E-state index in [1.807, 2.05) is 24.5 Å². The first-order valence-electron chi connectivity index (χ1n) is 11.4. The number of hydrogen-bond donors (Lipinski definition) is 1. The van der Waals surface area contributed by atoms with Crippen molar-refractivity contribution in [3.8, 4) is 17.6 Å². The molecular formula is C24H31N7O3. The van der Waals surface area contributed by atoms with Gasteiger partial charge >= 0.3 is 5.69 Å². The van der Waals surface area contributed by atoms with Crippen LogP contribution in [0.25, 0.3) is 11.0 Å². The highest BCUT2D eigenvalue weighted by molar-refractivity contribution is 5.90. The number of rotatable bonds is 5. The second kappa shape index (κ2) is 9.35. The van der Waals surface area contributed by atoms with Gasteiger partial charge in [-0.15, -0.1) is 5.92 Å². The zero-order valence-corrected chi connectivity index (χ0v) is 20.4. The number of nitrogens with two attached hydrogens (primary N) is 1. The van der Waals surface area contributed by atoms with Gasteiger partial charge in [0.15, 0.2) is 11.6 Å². The highest BCUT2D eigenvalue weighted by Gasteiger charge is 2.30. The SMILES string of the molecule is CC#CCn1c(N2CCC[C@@H](N)C2)c(OC)c2c1c(=O)n(Cc1nc(C)cc(C)n1)c(=O)n2C. The van der Waals surface area contributed by atoms with Crippen LogP contribution in [0.3, 0.4) is 0 Å². The molecule has 0 radical (unpaired) electrons. The maximum Gasteiger partial charge on any atom is 0.331 e. The van der Waals surface area contributed by atoms with Crippen LogP contribution in [-0.2, 0) is 20.1 Å². The first-order chi connectivity index (χ1) is 16.3. The predicted octanol–water partition coefficient (Wildman–Crippen LogP) is 0.916. The molecular weight excluding hydrogens is 434 g/mol. The summed E-state index contributed by atoms with van der Waals surface area (Å²) in [4.78, 5) is 38.1. The summed E-state index contributed by atoms with van der Waals surface area (Å²) in [5.74, 6) is 7.60. The number of anilines is 1. The molecule has 4 rings (SSSR count). The lowest BCUT2D eigenvalue weighted by molar-refractivity contribution is 0.411. The minimum absolute atomic E-state index is 0.0179. The summed E-state index contributed by atoms with van der Waals surface area (Å²) in [5, 5.41) is 0. The molecule has 3 aromatic heterocycles. The van der Waals surface area contributed by atoms with Gasteiger partial charge in [0.1, 0.15) is 16.9 Å². The Hall–Kier alpha value is -3.58. The summed E-state index contributed by atoms with van der Waals surface area (Å²) in [6.07, 6.45) is 1.87. The Bertz CT molecular complexity index is 1400. The maximum absolute atomic E-state index is 13.8. The van der Waals surface area contributed by atoms with E-state index in [4.69, 9.17) is 10.5 Å². The lowest BCUT2D eigenvalue weighted by atomic mass is 10.1. The number of piperidine rings is 1. The van der Waals surface area contributed by atoms with E-state index in [9.17, 15) is 9.59 Å². The van der Waals surface area contributed by atoms with Crippen LogP contribution in [0.15, 0.2) is 15.7 Å². The molecule has 1 aliphatic heterocycles. The smallest absolute Gasteiger partial charge is 0.331 e. The molecule has 0 amide bonds. The quantitative estimate of drug-likeness (QED) is 0.558. The van der Waals surface area contributed by atoms with E-state index < -0.39 is 11.2 Å². The summed E-state index contributed by atoms with van der Waals surface area (Å²) in [6.45, 7) is 7.13. The minimum Gasteiger partial charge on any atom is -0.491 e. The fraction of sp³-hybridized carbons (Fsp3) is 0.500. The summed E-state index contributed by atoms with van der Waals surface area (Å²) in [5.41, 5.74) is 7.74. The lowest BCUT2D eigenvalue weighted by Gasteiger charge is -2.33. The molecule has 4 heterocycles. The summed E-state index contributed by atoms with van der Waals surface area (Å²) in [7, 11) is 3.20. The van der Waals surface area contributed by atoms with Gasteiger partial charge in [0, 0.05) is 37.6 Å². The second-order valence-electron chi connectivity index (χ2n) is 8.72. The minimum atomic E-state index is -0.459. The number of aromatic nitrogens is 5. The lowest BCUT2D eigenvalue weighted by Crippen LogP contribution is -2.44. The first kappa shape index (κ1) is 23.6. The average Bonchev–Trinajstić information content (AvgIpc) is 3.12. The largest absolute Gasteiger partial charge is 0.491 e. The number of fused-ring (bicyclic) bond motifs is 1. The number of hydrogen-bond acceptors (Lipinski definition) is 7. The molecule has 1 fully saturated rings. The standard InChI is InChI=1S/C24H31N7O3/c1-6-7-11-30-20-19(21(34-5)22(30)29-10-8-9-17(25)13-29)28(4)24(33)31(23(20)32)14-18-26-15(2)12-16(3)27-18/h12,17H,8-11,13-14,25H2,1-5H3/t17-/m1/s1. The van der Waals surface area contributed by atoms with Gasteiger partial charge in [-0.2, -0.15) is 0 Å². The Morgan fingerprint density at radius 1 is 1.18 bits per heavy atom. The fourth-order valence-electron chi connectivity index (χ4n) is 4.76. The van der Waals surface area contributed by atoms with Gasteiger partial charge < -0.3 is 19.9 Å². The second-order valence-corrected chi connectivity index (χ2v) is 8.72. The van der Waals surface area contributed by atoms with Crippen molar-refractivity contribution in [1.82, 2.24) is 23.7 Å². The van der Waals surface area contributed by atoms with Crippen molar-refractivity contribution in [3.63, 3.8) is 0 Å². The van der Waals surface area contributed by atoms with Gasteiger partial charge in [-0.05, 0) is 39.7 Å². The first-order valence-corrected chi connectivity index (χ1v) is 11.4. The van der Waals surface area contributed by atoms with Crippen molar-refractivity contribution in [3.05, 3.63) is 44.1 Å². The molecule has 1 aliphatic rings. The predicted molar refractivity (Wildman–Crippen MR) is 131 cm³/mol. The van der Waals surface area contributed by atoms with Gasteiger partial charge in [-0.1, -0.05) is 5.92 Å². The molecule has 0 saturated carbocycles. The zero-order valence-electron chi connectivity index (χ0n) is 20.4. The van der Waals surface area contributed by atoms with Crippen LogP contribution >= 0.6 is 0 Å². The van der Waals surface area contributed by atoms with Crippen LogP contribution in [0.1, 0.15) is 37.0 Å². The zero-order chi connectivity index (χ0) is 24.6. The Labute approximate surface area is 198 Å². The van der Waals surface area contributed by atoms with Crippen molar-refractivity contribution in [2.24, 2.45) is 12.8 Å². The van der Waals surface area contributed by atoms with Crippen molar-refractivity contribution >= 4 is 16.9 Å². The third-order valence-electron chi connectivity index (χ3n) is 6.17. The van der Waals surface area contributed by atoms with Gasteiger partial charge in [0.25, 0.3) is 5.56 Å². The summed E-state index contributed by atoms with van der Waals surface area (Å²) < 4.78 is 10.3. The summed E-state index contributed by atoms with van der Waals surface area (Å²) >= 11 is 0. The molecule has 0 bridgehead atoms. The Morgan fingerprint density at radius 3 is 2.50 bits per heavy atom. The van der Waals surface area contributed by atoms with Gasteiger partial charge in [-0.3, -0.25) is 13.9 Å². The Morgan fingerprint density at radius 2 is 1.88 bits per heavy atom. The average molecular weight is 466 g/mol. The number of methoxy groups -OCH3 is 1. The molecule has 0 spiro atoms. The third-order valence-corrected chi connectivity index (χ3v) is 6.17. The molecule has 1 saturated heterocycles. The van der Waals surface area contributed by atoms with Gasteiger partial charge in [0.05, 0.1) is 20.2 Å². The molecule has 0 aliphatic carbocycles. The van der Waals surface area contributed by atoms with E-state index in [0.29, 0.717) is 29.2 Å². The normalized spacial score (nSPS) is 15.9. The van der Waals surface area contributed by atoms with Crippen LogP contribution in [-0.4, -0.2) is 49.9 Å². The molecule has 3 aromatic rings. The highest BCUT2D eigenvalue weighted by atomic mass is 16.5. The topological polar surface area (TPSA) is 113 Å². The van der Waals surface area contributed by atoms with Crippen molar-refractivity contribution in [2.45, 2.75) is 52.7 Å². The maximum atomic E-state index is 13.8. The van der Waals surface area contributed by atoms with Crippen molar-refractivity contribution in [2.75, 3.05) is 25.1 Å². The molecule has 10 nitrogen and oxygen atoms in total. The van der Waals surface area contributed by atoms with E-state index in [1.165, 1.54) is 9.13 Å². The van der Waals surface area contributed by atoms with E-state index >= 15 is 0 Å². The highest BCUT2D eigenvalue weighted by Crippen LogP contribution is 2.38. The molecule has 1 atom stereocenters. The van der Waals surface area contributed by atoms with Crippen LogP contribution in [0, 0.1) is 25.7 Å². The number of ether oxygens (including phenoxy) is 1. The Kier molecular flexibility index (Phi) is 6.48. The molecule has 34 heavy (non-hydrogen) atoms. The van der Waals surface area contributed by atoms with Gasteiger partial charge in [0.2, 0.25) is 0 Å². The van der Waals surface area contributed by atoms with Crippen molar-refractivity contribution in [1.29, 1.82) is 0 Å². The number of nitrogens with zero attached hydrogens (tertiary/aromatic N) is 6. The van der Waals surface area contributed by atoms with E-state index in [0.717, 1.165) is 36.6 Å².